The summed E-state index contributed by atoms with van der Waals surface area (Å²) < 4.78 is 0. The first-order chi connectivity index (χ1) is 6.50. The molecule has 1 aliphatic heterocycles. The fourth-order valence-corrected chi connectivity index (χ4v) is 1.73. The number of carbonyl (C=O) groups excluding carboxylic acids is 1. The van der Waals surface area contributed by atoms with Gasteiger partial charge >= 0.3 is 0 Å². The molecule has 0 aromatic heterocycles. The monoisotopic (exact) mass is 201 g/mol. The minimum absolute atomic E-state index is 0.0576. The molecule has 0 bridgehead atoms. The van der Waals surface area contributed by atoms with Crippen LogP contribution in [-0.4, -0.2) is 45.8 Å². The summed E-state index contributed by atoms with van der Waals surface area (Å²) in [4.78, 5) is 12.9. The summed E-state index contributed by atoms with van der Waals surface area (Å²) in [6, 6.07) is 0. The number of carbonyl (C=O) groups is 1. The smallest absolute Gasteiger partial charge is 0.225 e. The first-order valence-corrected chi connectivity index (χ1v) is 5.19. The topological polar surface area (TPSA) is 60.8 Å². The molecule has 4 heteroatoms. The van der Waals surface area contributed by atoms with E-state index in [1.807, 2.05) is 13.8 Å². The second-order valence-corrected chi connectivity index (χ2v) is 4.06. The number of aliphatic hydroxyl groups is 2. The number of rotatable bonds is 4. The molecule has 1 aliphatic rings. The van der Waals surface area contributed by atoms with E-state index in [1.165, 1.54) is 0 Å². The van der Waals surface area contributed by atoms with E-state index in [0.717, 1.165) is 0 Å². The lowest BCUT2D eigenvalue weighted by atomic mass is 9.97. The third-order valence-electron chi connectivity index (χ3n) is 3.00. The van der Waals surface area contributed by atoms with E-state index in [9.17, 15) is 15.0 Å². The van der Waals surface area contributed by atoms with Crippen molar-refractivity contribution in [3.63, 3.8) is 0 Å². The highest BCUT2D eigenvalue weighted by Crippen LogP contribution is 2.20. The van der Waals surface area contributed by atoms with Gasteiger partial charge in [-0.1, -0.05) is 13.8 Å². The number of likely N-dealkylation sites (tertiary alicyclic amines) is 1. The van der Waals surface area contributed by atoms with Crippen LogP contribution in [0, 0.1) is 0 Å². The maximum Gasteiger partial charge on any atom is 0.225 e. The van der Waals surface area contributed by atoms with Gasteiger partial charge in [-0.15, -0.1) is 0 Å². The third-order valence-corrected chi connectivity index (χ3v) is 3.00. The van der Waals surface area contributed by atoms with Crippen molar-refractivity contribution in [3.8, 4) is 0 Å². The largest absolute Gasteiger partial charge is 0.391 e. The lowest BCUT2D eigenvalue weighted by Crippen LogP contribution is -2.43. The number of aliphatic hydroxyl groups excluding tert-OH is 1. The van der Waals surface area contributed by atoms with Gasteiger partial charge in [0, 0.05) is 13.1 Å². The summed E-state index contributed by atoms with van der Waals surface area (Å²) in [6.45, 7) is 4.51. The quantitative estimate of drug-likeness (QED) is 0.679. The van der Waals surface area contributed by atoms with Crippen molar-refractivity contribution in [2.75, 3.05) is 13.1 Å². The highest BCUT2D eigenvalue weighted by molar-refractivity contribution is 5.79. The second-order valence-electron chi connectivity index (χ2n) is 4.06. The maximum absolute atomic E-state index is 11.3. The van der Waals surface area contributed by atoms with E-state index >= 15 is 0 Å². The van der Waals surface area contributed by atoms with Gasteiger partial charge in [0.25, 0.3) is 0 Å². The average molecular weight is 201 g/mol. The Bertz CT molecular complexity index is 213. The molecule has 0 aromatic rings. The Morgan fingerprint density at radius 1 is 1.50 bits per heavy atom. The van der Waals surface area contributed by atoms with Gasteiger partial charge in [0.1, 0.15) is 0 Å². The van der Waals surface area contributed by atoms with Crippen LogP contribution in [0.1, 0.15) is 33.1 Å². The fourth-order valence-electron chi connectivity index (χ4n) is 1.73. The molecule has 1 heterocycles. The van der Waals surface area contributed by atoms with Crippen LogP contribution >= 0.6 is 0 Å². The first-order valence-electron chi connectivity index (χ1n) is 5.19. The van der Waals surface area contributed by atoms with Crippen molar-refractivity contribution in [1.82, 2.24) is 4.90 Å². The van der Waals surface area contributed by atoms with Gasteiger partial charge in [-0.05, 0) is 12.8 Å². The molecule has 0 aliphatic carbocycles. The van der Waals surface area contributed by atoms with E-state index in [2.05, 4.69) is 0 Å². The summed E-state index contributed by atoms with van der Waals surface area (Å²) in [5, 5.41) is 19.3. The van der Waals surface area contributed by atoms with Crippen LogP contribution in [0.15, 0.2) is 0 Å². The fraction of sp³-hybridized carbons (Fsp3) is 0.900. The molecule has 4 nitrogen and oxygen atoms in total. The zero-order valence-corrected chi connectivity index (χ0v) is 8.86. The molecular formula is C10H19NO3. The average Bonchev–Trinajstić information content (AvgIpc) is 2.45. The van der Waals surface area contributed by atoms with Crippen LogP contribution < -0.4 is 0 Å². The predicted molar refractivity (Wildman–Crippen MR) is 52.7 cm³/mol. The Balaban J connectivity index is 2.55. The normalized spacial score (nSPS) is 23.3. The molecule has 0 saturated carbocycles. The highest BCUT2D eigenvalue weighted by Gasteiger charge is 2.33. The van der Waals surface area contributed by atoms with Crippen LogP contribution in [0.3, 0.4) is 0 Å². The summed E-state index contributed by atoms with van der Waals surface area (Å²) in [5.41, 5.74) is -0.792. The molecule has 1 amide bonds. The Kier molecular flexibility index (Phi) is 3.50. The van der Waals surface area contributed by atoms with Crippen molar-refractivity contribution in [3.05, 3.63) is 0 Å². The summed E-state index contributed by atoms with van der Waals surface area (Å²) in [7, 11) is 0. The Hall–Kier alpha value is -0.610. The van der Waals surface area contributed by atoms with E-state index in [1.54, 1.807) is 4.90 Å². The minimum Gasteiger partial charge on any atom is -0.391 e. The zero-order chi connectivity index (χ0) is 10.8. The van der Waals surface area contributed by atoms with Gasteiger partial charge in [0.05, 0.1) is 18.1 Å². The Labute approximate surface area is 84.5 Å². The summed E-state index contributed by atoms with van der Waals surface area (Å²) >= 11 is 0. The van der Waals surface area contributed by atoms with E-state index in [-0.39, 0.29) is 12.3 Å². The molecule has 1 unspecified atom stereocenters. The second kappa shape index (κ2) is 4.28. The van der Waals surface area contributed by atoms with Gasteiger partial charge < -0.3 is 15.1 Å². The van der Waals surface area contributed by atoms with Crippen molar-refractivity contribution in [1.29, 1.82) is 0 Å². The molecule has 0 aromatic carbocycles. The molecule has 1 atom stereocenters. The van der Waals surface area contributed by atoms with Gasteiger partial charge in [-0.2, -0.15) is 0 Å². The number of nitrogens with zero attached hydrogens (tertiary/aromatic N) is 1. The summed E-state index contributed by atoms with van der Waals surface area (Å²) in [5.74, 6) is -0.0576. The first kappa shape index (κ1) is 11.5. The summed E-state index contributed by atoms with van der Waals surface area (Å²) in [6.07, 6.45) is 0.899. The Morgan fingerprint density at radius 2 is 2.07 bits per heavy atom. The number of hydrogen-bond acceptors (Lipinski definition) is 3. The van der Waals surface area contributed by atoms with Gasteiger partial charge in [-0.25, -0.2) is 0 Å². The molecule has 82 valence electrons. The lowest BCUT2D eigenvalue weighted by Gasteiger charge is -2.30. The predicted octanol–water partition coefficient (Wildman–Crippen LogP) is 0.131. The van der Waals surface area contributed by atoms with Crippen LogP contribution in [0.5, 0.6) is 0 Å². The molecular weight excluding hydrogens is 182 g/mol. The third kappa shape index (κ3) is 2.45. The number of β-amino-alcohol motifs (C(OH)–C–C–N with tert-alkyl or cyclic N) is 2. The van der Waals surface area contributed by atoms with Crippen LogP contribution in [-0.2, 0) is 4.79 Å². The lowest BCUT2D eigenvalue weighted by molar-refractivity contribution is -0.131. The van der Waals surface area contributed by atoms with Crippen LogP contribution in [0.4, 0.5) is 0 Å². The van der Waals surface area contributed by atoms with Crippen LogP contribution in [0.25, 0.3) is 0 Å². The SMILES string of the molecule is CCC(O)(CC)CN1CC(O)CC1=O. The van der Waals surface area contributed by atoms with Crippen molar-refractivity contribution in [2.45, 2.75) is 44.8 Å². The molecule has 1 fully saturated rings. The van der Waals surface area contributed by atoms with E-state index in [4.69, 9.17) is 0 Å². The molecule has 0 radical (unpaired) electrons. The molecule has 0 spiro atoms. The molecule has 14 heavy (non-hydrogen) atoms. The van der Waals surface area contributed by atoms with Crippen molar-refractivity contribution >= 4 is 5.91 Å². The minimum atomic E-state index is -0.792. The molecule has 1 rings (SSSR count). The van der Waals surface area contributed by atoms with E-state index < -0.39 is 11.7 Å². The number of amides is 1. The zero-order valence-electron chi connectivity index (χ0n) is 8.86. The van der Waals surface area contributed by atoms with Gasteiger partial charge in [0.15, 0.2) is 0 Å². The molecule has 1 saturated heterocycles. The Morgan fingerprint density at radius 3 is 2.43 bits per heavy atom. The van der Waals surface area contributed by atoms with Crippen molar-refractivity contribution in [2.24, 2.45) is 0 Å². The molecule has 2 N–H and O–H groups in total. The van der Waals surface area contributed by atoms with Gasteiger partial charge in [0.2, 0.25) is 5.91 Å². The van der Waals surface area contributed by atoms with E-state index in [0.29, 0.717) is 25.9 Å². The van der Waals surface area contributed by atoms with Gasteiger partial charge in [-0.3, -0.25) is 4.79 Å². The highest BCUT2D eigenvalue weighted by atomic mass is 16.3. The number of hydrogen-bond donors (Lipinski definition) is 2. The maximum atomic E-state index is 11.3. The standard InChI is InChI=1S/C10H19NO3/c1-3-10(14,4-2)7-11-6-8(12)5-9(11)13/h8,12,14H,3-7H2,1-2H3. The van der Waals surface area contributed by atoms with Crippen LogP contribution in [0.2, 0.25) is 0 Å². The van der Waals surface area contributed by atoms with Crippen molar-refractivity contribution < 1.29 is 15.0 Å².